The Kier molecular flexibility index (Phi) is 3.08. The van der Waals surface area contributed by atoms with Crippen molar-refractivity contribution in [1.29, 1.82) is 0 Å². The van der Waals surface area contributed by atoms with Gasteiger partial charge in [-0.3, -0.25) is 4.98 Å². The van der Waals surface area contributed by atoms with Crippen molar-refractivity contribution < 1.29 is 4.39 Å². The van der Waals surface area contributed by atoms with Crippen LogP contribution >= 0.6 is 11.3 Å². The van der Waals surface area contributed by atoms with Gasteiger partial charge in [0.1, 0.15) is 11.6 Å². The maximum absolute atomic E-state index is 13.3. The summed E-state index contributed by atoms with van der Waals surface area (Å²) in [6.45, 7) is 2.68. The Hall–Kier alpha value is -2.08. The highest BCUT2D eigenvalue weighted by Gasteiger charge is 2.10. The lowest BCUT2D eigenvalue weighted by Crippen LogP contribution is -2.02. The Morgan fingerprint density at radius 3 is 2.95 bits per heavy atom. The summed E-state index contributed by atoms with van der Waals surface area (Å²) in [6, 6.07) is 4.52. The second kappa shape index (κ2) is 4.89. The number of benzene rings is 1. The fraction of sp³-hybridized carbons (Fsp3) is 0.154. The molecule has 1 aromatic carbocycles. The number of nitrogens with one attached hydrogen (secondary N) is 1. The predicted octanol–water partition coefficient (Wildman–Crippen LogP) is 3.32. The van der Waals surface area contributed by atoms with Crippen LogP contribution in [-0.4, -0.2) is 21.5 Å². The van der Waals surface area contributed by atoms with Crippen molar-refractivity contribution in [1.82, 2.24) is 15.0 Å². The molecule has 0 saturated heterocycles. The monoisotopic (exact) mass is 274 g/mol. The van der Waals surface area contributed by atoms with E-state index >= 15 is 0 Å². The quantitative estimate of drug-likeness (QED) is 0.796. The van der Waals surface area contributed by atoms with Crippen LogP contribution in [0.2, 0.25) is 0 Å². The van der Waals surface area contributed by atoms with Gasteiger partial charge in [0.2, 0.25) is 0 Å². The third kappa shape index (κ3) is 2.26. The maximum Gasteiger partial charge on any atom is 0.173 e. The van der Waals surface area contributed by atoms with Crippen LogP contribution < -0.4 is 5.32 Å². The van der Waals surface area contributed by atoms with Crippen molar-refractivity contribution in [2.24, 2.45) is 0 Å². The molecule has 0 atom stereocenters. The number of fused-ring (bicyclic) bond motifs is 1. The predicted molar refractivity (Wildman–Crippen MR) is 74.8 cm³/mol. The number of nitrogens with zero attached hydrogens (tertiary/aromatic N) is 3. The molecule has 2 heterocycles. The first-order valence-electron chi connectivity index (χ1n) is 5.88. The largest absolute Gasteiger partial charge is 0.370 e. The van der Waals surface area contributed by atoms with Gasteiger partial charge in [0.25, 0.3) is 0 Å². The molecule has 1 N–H and O–H groups in total. The standard InChI is InChI=1S/C13H11FN4S/c1-2-16-12-9-5-8(14)3-4-10(9)17-13(18-12)11-6-15-7-19-11/h3-7H,2H2,1H3,(H,16,17,18). The first kappa shape index (κ1) is 12.0. The molecule has 96 valence electrons. The lowest BCUT2D eigenvalue weighted by Gasteiger charge is -2.08. The molecule has 0 radical (unpaired) electrons. The van der Waals surface area contributed by atoms with E-state index in [1.54, 1.807) is 17.8 Å². The number of halogens is 1. The Morgan fingerprint density at radius 1 is 1.32 bits per heavy atom. The van der Waals surface area contributed by atoms with Crippen LogP contribution in [0.4, 0.5) is 10.2 Å². The maximum atomic E-state index is 13.3. The molecule has 0 aliphatic carbocycles. The summed E-state index contributed by atoms with van der Waals surface area (Å²) in [7, 11) is 0. The Balaban J connectivity index is 2.24. The number of thiazole rings is 1. The highest BCUT2D eigenvalue weighted by atomic mass is 32.1. The van der Waals surface area contributed by atoms with Crippen LogP contribution in [0.3, 0.4) is 0 Å². The number of rotatable bonds is 3. The van der Waals surface area contributed by atoms with Crippen molar-refractivity contribution in [2.75, 3.05) is 11.9 Å². The van der Waals surface area contributed by atoms with E-state index in [1.165, 1.54) is 23.5 Å². The van der Waals surface area contributed by atoms with Gasteiger partial charge in [0.15, 0.2) is 5.82 Å². The third-order valence-electron chi connectivity index (χ3n) is 2.65. The van der Waals surface area contributed by atoms with Crippen molar-refractivity contribution in [3.63, 3.8) is 0 Å². The highest BCUT2D eigenvalue weighted by molar-refractivity contribution is 7.13. The molecule has 2 aromatic heterocycles. The highest BCUT2D eigenvalue weighted by Crippen LogP contribution is 2.27. The molecular formula is C13H11FN4S. The van der Waals surface area contributed by atoms with E-state index in [9.17, 15) is 4.39 Å². The van der Waals surface area contributed by atoms with Gasteiger partial charge < -0.3 is 5.32 Å². The summed E-state index contributed by atoms with van der Waals surface area (Å²) >= 11 is 1.48. The topological polar surface area (TPSA) is 50.7 Å². The van der Waals surface area contributed by atoms with E-state index < -0.39 is 0 Å². The van der Waals surface area contributed by atoms with E-state index in [0.29, 0.717) is 23.6 Å². The number of anilines is 1. The second-order valence-corrected chi connectivity index (χ2v) is 4.84. The summed E-state index contributed by atoms with van der Waals surface area (Å²) in [5.74, 6) is 0.966. The van der Waals surface area contributed by atoms with Crippen LogP contribution in [0.15, 0.2) is 29.9 Å². The molecule has 0 bridgehead atoms. The Morgan fingerprint density at radius 2 is 2.21 bits per heavy atom. The van der Waals surface area contributed by atoms with E-state index in [0.717, 1.165) is 10.4 Å². The average Bonchev–Trinajstić information content (AvgIpc) is 2.93. The average molecular weight is 274 g/mol. The van der Waals surface area contributed by atoms with Gasteiger partial charge in [0, 0.05) is 18.1 Å². The lowest BCUT2D eigenvalue weighted by atomic mass is 10.2. The van der Waals surface area contributed by atoms with Gasteiger partial charge in [-0.15, -0.1) is 11.3 Å². The molecule has 0 fully saturated rings. The summed E-state index contributed by atoms with van der Waals surface area (Å²) in [6.07, 6.45) is 1.73. The minimum Gasteiger partial charge on any atom is -0.370 e. The normalized spacial score (nSPS) is 10.8. The van der Waals surface area contributed by atoms with Gasteiger partial charge in [-0.1, -0.05) is 0 Å². The Labute approximate surface area is 113 Å². The first-order chi connectivity index (χ1) is 9.28. The minimum absolute atomic E-state index is 0.291. The zero-order valence-corrected chi connectivity index (χ0v) is 11.0. The van der Waals surface area contributed by atoms with Crippen LogP contribution in [-0.2, 0) is 0 Å². The van der Waals surface area contributed by atoms with Crippen LogP contribution in [0, 0.1) is 5.82 Å². The summed E-state index contributed by atoms with van der Waals surface area (Å²) in [4.78, 5) is 13.8. The second-order valence-electron chi connectivity index (χ2n) is 3.95. The SMILES string of the molecule is CCNc1nc(-c2cncs2)nc2ccc(F)cc12. The molecule has 0 aliphatic rings. The number of hydrogen-bond acceptors (Lipinski definition) is 5. The van der Waals surface area contributed by atoms with Crippen molar-refractivity contribution >= 4 is 28.1 Å². The molecule has 19 heavy (non-hydrogen) atoms. The van der Waals surface area contributed by atoms with Gasteiger partial charge in [-0.25, -0.2) is 14.4 Å². The molecule has 3 rings (SSSR count). The molecule has 4 nitrogen and oxygen atoms in total. The first-order valence-corrected chi connectivity index (χ1v) is 6.76. The van der Waals surface area contributed by atoms with Crippen LogP contribution in [0.25, 0.3) is 21.6 Å². The van der Waals surface area contributed by atoms with Crippen LogP contribution in [0.5, 0.6) is 0 Å². The minimum atomic E-state index is -0.291. The number of hydrogen-bond donors (Lipinski definition) is 1. The lowest BCUT2D eigenvalue weighted by molar-refractivity contribution is 0.629. The smallest absolute Gasteiger partial charge is 0.173 e. The van der Waals surface area contributed by atoms with Crippen molar-refractivity contribution in [3.8, 4) is 10.7 Å². The van der Waals surface area contributed by atoms with Gasteiger partial charge in [-0.2, -0.15) is 0 Å². The molecule has 0 aliphatic heterocycles. The molecule has 0 unspecified atom stereocenters. The van der Waals surface area contributed by atoms with Crippen molar-refractivity contribution in [2.45, 2.75) is 6.92 Å². The van der Waals surface area contributed by atoms with E-state index in [1.807, 2.05) is 6.92 Å². The molecule has 6 heteroatoms. The summed E-state index contributed by atoms with van der Waals surface area (Å²) in [5.41, 5.74) is 2.45. The zero-order chi connectivity index (χ0) is 13.2. The Bertz CT molecular complexity index is 712. The van der Waals surface area contributed by atoms with E-state index in [2.05, 4.69) is 20.3 Å². The van der Waals surface area contributed by atoms with E-state index in [4.69, 9.17) is 0 Å². The summed E-state index contributed by atoms with van der Waals surface area (Å²) in [5, 5.41) is 3.84. The van der Waals surface area contributed by atoms with Crippen molar-refractivity contribution in [3.05, 3.63) is 35.7 Å². The number of aromatic nitrogens is 3. The fourth-order valence-corrected chi connectivity index (χ4v) is 2.39. The molecule has 0 spiro atoms. The molecular weight excluding hydrogens is 263 g/mol. The fourth-order valence-electron chi connectivity index (χ4n) is 1.84. The van der Waals surface area contributed by atoms with Gasteiger partial charge >= 0.3 is 0 Å². The van der Waals surface area contributed by atoms with Gasteiger partial charge in [-0.05, 0) is 25.1 Å². The molecule has 0 saturated carbocycles. The van der Waals surface area contributed by atoms with Crippen LogP contribution in [0.1, 0.15) is 6.92 Å². The molecule has 3 aromatic rings. The zero-order valence-electron chi connectivity index (χ0n) is 10.2. The summed E-state index contributed by atoms with van der Waals surface area (Å²) < 4.78 is 13.3. The third-order valence-corrected chi connectivity index (χ3v) is 3.42. The van der Waals surface area contributed by atoms with E-state index in [-0.39, 0.29) is 5.82 Å². The van der Waals surface area contributed by atoms with Gasteiger partial charge in [0.05, 0.1) is 15.9 Å². The molecule has 0 amide bonds.